The quantitative estimate of drug-likeness (QED) is 0.207. The molecule has 0 N–H and O–H groups in total. The van der Waals surface area contributed by atoms with E-state index in [9.17, 15) is 9.59 Å². The molecule has 2 heterocycles. The summed E-state index contributed by atoms with van der Waals surface area (Å²) >= 11 is 11.0. The van der Waals surface area contributed by atoms with Crippen molar-refractivity contribution in [1.82, 2.24) is 4.57 Å². The number of nitrogens with zero attached hydrogens (tertiary/aromatic N) is 2. The van der Waals surface area contributed by atoms with E-state index in [1.165, 1.54) is 11.3 Å². The van der Waals surface area contributed by atoms with Gasteiger partial charge in [-0.25, -0.2) is 9.79 Å². The van der Waals surface area contributed by atoms with Crippen LogP contribution in [0, 0.1) is 0 Å². The number of ether oxygens (including phenoxy) is 4. The highest BCUT2D eigenvalue weighted by Gasteiger charge is 2.33. The molecule has 0 saturated heterocycles. The molecule has 43 heavy (non-hydrogen) atoms. The Bertz CT molecular complexity index is 1920. The van der Waals surface area contributed by atoms with E-state index in [2.05, 4.69) is 20.9 Å². The minimum Gasteiger partial charge on any atom is -0.496 e. The molecule has 1 atom stereocenters. The van der Waals surface area contributed by atoms with Gasteiger partial charge in [-0.15, -0.1) is 0 Å². The number of carbonyl (C=O) groups is 1. The second-order valence-corrected chi connectivity index (χ2v) is 11.8. The molecular weight excluding hydrogens is 656 g/mol. The molecular formula is C32H28BrClN2O6S. The van der Waals surface area contributed by atoms with Crippen molar-refractivity contribution in [3.63, 3.8) is 0 Å². The number of fused-ring (bicyclic) bond motifs is 1. The van der Waals surface area contributed by atoms with Crippen molar-refractivity contribution in [3.05, 3.63) is 118 Å². The summed E-state index contributed by atoms with van der Waals surface area (Å²) in [5.41, 5.74) is 2.81. The lowest BCUT2D eigenvalue weighted by Crippen LogP contribution is -2.39. The number of hydrogen-bond donors (Lipinski definition) is 0. The van der Waals surface area contributed by atoms with Crippen molar-refractivity contribution in [1.29, 1.82) is 0 Å². The van der Waals surface area contributed by atoms with Crippen molar-refractivity contribution in [2.75, 3.05) is 20.8 Å². The summed E-state index contributed by atoms with van der Waals surface area (Å²) in [6.45, 7) is 3.96. The number of aromatic nitrogens is 1. The number of carbonyl (C=O) groups excluding carboxylic acids is 1. The SMILES string of the molecule is CCOC(=O)C1=C(C)N=c2s/c(=C/c3ccc(OCc4ccccc4Cl)c(OC)c3)c(=O)n2[C@H]1c1ccc(OC)c(Br)c1. The molecule has 222 valence electrons. The first-order chi connectivity index (χ1) is 20.7. The van der Waals surface area contributed by atoms with E-state index in [1.807, 2.05) is 42.5 Å². The number of benzene rings is 3. The number of allylic oxidation sites excluding steroid dienone is 1. The summed E-state index contributed by atoms with van der Waals surface area (Å²) in [7, 11) is 3.13. The van der Waals surface area contributed by atoms with E-state index in [4.69, 9.17) is 30.5 Å². The van der Waals surface area contributed by atoms with E-state index >= 15 is 0 Å². The third-order valence-electron chi connectivity index (χ3n) is 6.84. The van der Waals surface area contributed by atoms with Gasteiger partial charge in [0.1, 0.15) is 12.4 Å². The van der Waals surface area contributed by atoms with Gasteiger partial charge in [-0.3, -0.25) is 9.36 Å². The summed E-state index contributed by atoms with van der Waals surface area (Å²) in [4.78, 5) is 32.2. The lowest BCUT2D eigenvalue weighted by atomic mass is 9.96. The highest BCUT2D eigenvalue weighted by Crippen LogP contribution is 2.35. The van der Waals surface area contributed by atoms with Crippen LogP contribution in [0.25, 0.3) is 6.08 Å². The van der Waals surface area contributed by atoms with Gasteiger partial charge in [-0.2, -0.15) is 0 Å². The Hall–Kier alpha value is -3.86. The molecule has 0 aliphatic carbocycles. The van der Waals surface area contributed by atoms with Crippen LogP contribution < -0.4 is 29.1 Å². The molecule has 0 bridgehead atoms. The van der Waals surface area contributed by atoms with E-state index in [0.717, 1.165) is 11.1 Å². The van der Waals surface area contributed by atoms with Crippen LogP contribution in [0.2, 0.25) is 5.02 Å². The van der Waals surface area contributed by atoms with Gasteiger partial charge in [-0.1, -0.05) is 53.3 Å². The van der Waals surface area contributed by atoms with Crippen LogP contribution in [0.1, 0.15) is 36.6 Å². The molecule has 5 rings (SSSR count). The minimum absolute atomic E-state index is 0.193. The maximum absolute atomic E-state index is 14.0. The van der Waals surface area contributed by atoms with Crippen LogP contribution in [-0.4, -0.2) is 31.4 Å². The second kappa shape index (κ2) is 13.2. The fourth-order valence-electron chi connectivity index (χ4n) is 4.78. The summed E-state index contributed by atoms with van der Waals surface area (Å²) in [6.07, 6.45) is 1.77. The molecule has 1 aliphatic heterocycles. The molecule has 0 radical (unpaired) electrons. The standard InChI is InChI=1S/C32H28BrClN2O6S/c1-5-41-31(38)28-18(2)35-32-36(29(28)20-11-13-24(39-3)22(33)16-20)30(37)27(43-32)15-19-10-12-25(26(14-19)40-4)42-17-21-8-6-7-9-23(21)34/h6-16,29H,5,17H2,1-4H3/b27-15+/t29-/m0/s1. The molecule has 1 aliphatic rings. The normalized spacial score (nSPS) is 14.7. The minimum atomic E-state index is -0.741. The van der Waals surface area contributed by atoms with Crippen LogP contribution >= 0.6 is 38.9 Å². The van der Waals surface area contributed by atoms with Crippen molar-refractivity contribution < 1.29 is 23.7 Å². The van der Waals surface area contributed by atoms with Crippen molar-refractivity contribution in [2.24, 2.45) is 4.99 Å². The lowest BCUT2D eigenvalue weighted by Gasteiger charge is -2.25. The average Bonchev–Trinajstić information content (AvgIpc) is 3.30. The first-order valence-electron chi connectivity index (χ1n) is 13.3. The average molecular weight is 684 g/mol. The van der Waals surface area contributed by atoms with E-state index < -0.39 is 12.0 Å². The van der Waals surface area contributed by atoms with Crippen LogP contribution in [0.15, 0.2) is 86.2 Å². The molecule has 11 heteroatoms. The summed E-state index contributed by atoms with van der Waals surface area (Å²) < 4.78 is 25.0. The van der Waals surface area contributed by atoms with Crippen LogP contribution in [0.3, 0.4) is 0 Å². The Balaban J connectivity index is 1.56. The van der Waals surface area contributed by atoms with E-state index in [0.29, 0.717) is 52.9 Å². The third-order valence-corrected chi connectivity index (χ3v) is 8.81. The Labute approximate surface area is 265 Å². The van der Waals surface area contributed by atoms with Crippen LogP contribution in [0.5, 0.6) is 17.2 Å². The fourth-order valence-corrected chi connectivity index (χ4v) is 6.57. The number of halogens is 2. The zero-order chi connectivity index (χ0) is 30.7. The zero-order valence-corrected chi connectivity index (χ0v) is 27.0. The Morgan fingerprint density at radius 1 is 1.07 bits per heavy atom. The van der Waals surface area contributed by atoms with Crippen molar-refractivity contribution >= 4 is 50.9 Å². The van der Waals surface area contributed by atoms with Gasteiger partial charge >= 0.3 is 5.97 Å². The van der Waals surface area contributed by atoms with Gasteiger partial charge in [0.25, 0.3) is 5.56 Å². The Kier molecular flexibility index (Phi) is 9.39. The molecule has 8 nitrogen and oxygen atoms in total. The second-order valence-electron chi connectivity index (χ2n) is 9.49. The Morgan fingerprint density at radius 3 is 2.51 bits per heavy atom. The number of methoxy groups -OCH3 is 2. The molecule has 0 amide bonds. The van der Waals surface area contributed by atoms with Gasteiger partial charge in [0.15, 0.2) is 16.3 Å². The first kappa shape index (κ1) is 30.6. The largest absolute Gasteiger partial charge is 0.496 e. The smallest absolute Gasteiger partial charge is 0.338 e. The molecule has 0 unspecified atom stereocenters. The number of rotatable bonds is 9. The molecule has 0 saturated carbocycles. The highest BCUT2D eigenvalue weighted by atomic mass is 79.9. The van der Waals surface area contributed by atoms with Crippen molar-refractivity contribution in [3.8, 4) is 17.2 Å². The van der Waals surface area contributed by atoms with Crippen LogP contribution in [0.4, 0.5) is 0 Å². The monoisotopic (exact) mass is 682 g/mol. The fraction of sp³-hybridized carbons (Fsp3) is 0.219. The molecule has 0 spiro atoms. The maximum Gasteiger partial charge on any atom is 0.338 e. The first-order valence-corrected chi connectivity index (χ1v) is 15.3. The third kappa shape index (κ3) is 6.27. The molecule has 3 aromatic carbocycles. The molecule has 0 fully saturated rings. The number of hydrogen-bond acceptors (Lipinski definition) is 8. The summed E-state index contributed by atoms with van der Waals surface area (Å²) in [5, 5.41) is 0.620. The maximum atomic E-state index is 14.0. The van der Waals surface area contributed by atoms with Crippen LogP contribution in [-0.2, 0) is 16.1 Å². The molecule has 1 aromatic heterocycles. The van der Waals surface area contributed by atoms with E-state index in [-0.39, 0.29) is 18.8 Å². The zero-order valence-electron chi connectivity index (χ0n) is 23.9. The Morgan fingerprint density at radius 2 is 1.81 bits per heavy atom. The summed E-state index contributed by atoms with van der Waals surface area (Å²) in [6, 6.07) is 17.6. The van der Waals surface area contributed by atoms with Gasteiger partial charge in [-0.05, 0) is 77.3 Å². The van der Waals surface area contributed by atoms with Gasteiger partial charge < -0.3 is 18.9 Å². The highest BCUT2D eigenvalue weighted by molar-refractivity contribution is 9.10. The van der Waals surface area contributed by atoms with Gasteiger partial charge in [0.2, 0.25) is 0 Å². The van der Waals surface area contributed by atoms with Gasteiger partial charge in [0.05, 0.1) is 47.1 Å². The van der Waals surface area contributed by atoms with E-state index in [1.54, 1.807) is 56.9 Å². The summed E-state index contributed by atoms with van der Waals surface area (Å²) in [5.74, 6) is 1.16. The molecule has 4 aromatic rings. The lowest BCUT2D eigenvalue weighted by molar-refractivity contribution is -0.139. The van der Waals surface area contributed by atoms with Gasteiger partial charge in [0, 0.05) is 10.6 Å². The number of thiazole rings is 1. The topological polar surface area (TPSA) is 88.4 Å². The van der Waals surface area contributed by atoms with Crippen molar-refractivity contribution in [2.45, 2.75) is 26.5 Å². The predicted molar refractivity (Wildman–Crippen MR) is 170 cm³/mol. The number of esters is 1. The predicted octanol–water partition coefficient (Wildman–Crippen LogP) is 5.81.